The average molecular weight is 488 g/mol. The van der Waals surface area contributed by atoms with Crippen molar-refractivity contribution in [2.24, 2.45) is 23.2 Å². The third-order valence-corrected chi connectivity index (χ3v) is 7.81. The molecule has 0 saturated heterocycles. The molecule has 1 aromatic rings. The standard InChI is InChI=1S/C22H25Cl3N2O4/c23-15-4-17(25)18(5-16(15)24)27-20(29)11-31-21(30)10-26-19(28)9-22-6-12-1-13(7-22)3-14(2-12)8-22/h4-5,12-14H,1-3,6-11H2,(H,26,28)(H,27,29). The first-order valence-corrected chi connectivity index (χ1v) is 11.7. The number of ether oxygens (including phenoxy) is 1. The molecular weight excluding hydrogens is 463 g/mol. The van der Waals surface area contributed by atoms with Gasteiger partial charge >= 0.3 is 5.97 Å². The lowest BCUT2D eigenvalue weighted by atomic mass is 9.49. The number of nitrogens with one attached hydrogen (secondary N) is 2. The van der Waals surface area contributed by atoms with E-state index >= 15 is 0 Å². The Morgan fingerprint density at radius 1 is 0.903 bits per heavy atom. The van der Waals surface area contributed by atoms with Gasteiger partial charge < -0.3 is 15.4 Å². The van der Waals surface area contributed by atoms with Crippen LogP contribution in [-0.2, 0) is 19.1 Å². The van der Waals surface area contributed by atoms with Gasteiger partial charge in [0.2, 0.25) is 5.91 Å². The predicted molar refractivity (Wildman–Crippen MR) is 119 cm³/mol. The van der Waals surface area contributed by atoms with Crippen LogP contribution in [0.25, 0.3) is 0 Å². The lowest BCUT2D eigenvalue weighted by molar-refractivity contribution is -0.147. The van der Waals surface area contributed by atoms with E-state index in [1.807, 2.05) is 0 Å². The van der Waals surface area contributed by atoms with Gasteiger partial charge in [0.05, 0.1) is 20.8 Å². The Kier molecular flexibility index (Phi) is 6.71. The van der Waals surface area contributed by atoms with E-state index in [-0.39, 0.29) is 38.6 Å². The molecule has 0 aliphatic heterocycles. The van der Waals surface area contributed by atoms with E-state index in [0.29, 0.717) is 6.42 Å². The third kappa shape index (κ3) is 5.47. The van der Waals surface area contributed by atoms with Crippen LogP contribution in [0.2, 0.25) is 15.1 Å². The van der Waals surface area contributed by atoms with Crippen LogP contribution in [0.3, 0.4) is 0 Å². The summed E-state index contributed by atoms with van der Waals surface area (Å²) in [5.74, 6) is 0.943. The predicted octanol–water partition coefficient (Wildman–Crippen LogP) is 4.85. The van der Waals surface area contributed by atoms with Gasteiger partial charge in [0.25, 0.3) is 5.91 Å². The molecule has 5 rings (SSSR count). The highest BCUT2D eigenvalue weighted by Gasteiger charge is 2.51. The van der Waals surface area contributed by atoms with Crippen LogP contribution in [0, 0.1) is 23.2 Å². The third-order valence-electron chi connectivity index (χ3n) is 6.78. The van der Waals surface area contributed by atoms with Gasteiger partial charge in [-0.1, -0.05) is 34.8 Å². The largest absolute Gasteiger partial charge is 0.454 e. The van der Waals surface area contributed by atoms with E-state index in [1.165, 1.54) is 31.4 Å². The van der Waals surface area contributed by atoms with Crippen LogP contribution in [0.5, 0.6) is 0 Å². The second-order valence-corrected chi connectivity index (χ2v) is 10.5. The van der Waals surface area contributed by atoms with Crippen LogP contribution in [0.1, 0.15) is 44.9 Å². The fourth-order valence-electron chi connectivity index (χ4n) is 6.08. The van der Waals surface area contributed by atoms with Crippen molar-refractivity contribution in [3.63, 3.8) is 0 Å². The highest BCUT2D eigenvalue weighted by Crippen LogP contribution is 2.61. The van der Waals surface area contributed by atoms with Crippen LogP contribution >= 0.6 is 34.8 Å². The highest BCUT2D eigenvalue weighted by atomic mass is 35.5. The number of halogens is 3. The van der Waals surface area contributed by atoms with Gasteiger partial charge in [-0.2, -0.15) is 0 Å². The summed E-state index contributed by atoms with van der Waals surface area (Å²) in [6, 6.07) is 2.82. The molecule has 0 radical (unpaired) electrons. The number of hydrogen-bond donors (Lipinski definition) is 2. The van der Waals surface area contributed by atoms with Crippen molar-refractivity contribution < 1.29 is 19.1 Å². The Balaban J connectivity index is 1.19. The van der Waals surface area contributed by atoms with Gasteiger partial charge in [0.1, 0.15) is 6.54 Å². The molecule has 0 atom stereocenters. The normalized spacial score (nSPS) is 28.3. The zero-order chi connectivity index (χ0) is 22.2. The fraction of sp³-hybridized carbons (Fsp3) is 0.591. The number of hydrogen-bond acceptors (Lipinski definition) is 4. The monoisotopic (exact) mass is 486 g/mol. The van der Waals surface area contributed by atoms with E-state index in [1.54, 1.807) is 0 Å². The molecule has 31 heavy (non-hydrogen) atoms. The first-order chi connectivity index (χ1) is 14.7. The zero-order valence-electron chi connectivity index (χ0n) is 17.0. The van der Waals surface area contributed by atoms with Crippen molar-refractivity contribution >= 4 is 58.3 Å². The summed E-state index contributed by atoms with van der Waals surface area (Å²) in [7, 11) is 0. The summed E-state index contributed by atoms with van der Waals surface area (Å²) < 4.78 is 4.95. The van der Waals surface area contributed by atoms with Gasteiger partial charge in [-0.25, -0.2) is 0 Å². The van der Waals surface area contributed by atoms with Gasteiger partial charge in [0.15, 0.2) is 6.61 Å². The molecule has 4 bridgehead atoms. The molecule has 4 aliphatic rings. The average Bonchev–Trinajstić information content (AvgIpc) is 2.67. The molecule has 0 heterocycles. The molecule has 9 heteroatoms. The summed E-state index contributed by atoms with van der Waals surface area (Å²) in [6.07, 6.45) is 7.84. The van der Waals surface area contributed by atoms with Gasteiger partial charge in [-0.3, -0.25) is 14.4 Å². The lowest BCUT2D eigenvalue weighted by Gasteiger charge is -2.56. The molecule has 0 spiro atoms. The minimum atomic E-state index is -0.672. The molecular formula is C22H25Cl3N2O4. The van der Waals surface area contributed by atoms with Crippen molar-refractivity contribution in [1.82, 2.24) is 5.32 Å². The van der Waals surface area contributed by atoms with Crippen LogP contribution in [-0.4, -0.2) is 30.9 Å². The first-order valence-electron chi connectivity index (χ1n) is 10.6. The first kappa shape index (κ1) is 22.7. The van der Waals surface area contributed by atoms with Crippen LogP contribution in [0.4, 0.5) is 5.69 Å². The van der Waals surface area contributed by atoms with E-state index in [9.17, 15) is 14.4 Å². The maximum absolute atomic E-state index is 12.5. The van der Waals surface area contributed by atoms with Crippen molar-refractivity contribution in [3.05, 3.63) is 27.2 Å². The lowest BCUT2D eigenvalue weighted by Crippen LogP contribution is -2.48. The fourth-order valence-corrected chi connectivity index (χ4v) is 6.68. The summed E-state index contributed by atoms with van der Waals surface area (Å²) in [4.78, 5) is 36.4. The quantitative estimate of drug-likeness (QED) is 0.425. The minimum absolute atomic E-state index is 0.113. The Labute approximate surface area is 196 Å². The van der Waals surface area contributed by atoms with Gasteiger partial charge in [0, 0.05) is 6.42 Å². The van der Waals surface area contributed by atoms with E-state index in [0.717, 1.165) is 37.0 Å². The summed E-state index contributed by atoms with van der Waals surface area (Å²) in [6.45, 7) is -0.758. The number of anilines is 1. The SMILES string of the molecule is O=C(CC12CC3CC(CC(C3)C1)C2)NCC(=O)OCC(=O)Nc1cc(Cl)c(Cl)cc1Cl. The Morgan fingerprint density at radius 2 is 1.48 bits per heavy atom. The van der Waals surface area contributed by atoms with Crippen LogP contribution < -0.4 is 10.6 Å². The molecule has 4 fully saturated rings. The second kappa shape index (κ2) is 9.16. The molecule has 2 amide bonds. The van der Waals surface area contributed by atoms with E-state index in [2.05, 4.69) is 10.6 Å². The smallest absolute Gasteiger partial charge is 0.325 e. The number of carbonyl (C=O) groups excluding carboxylic acids is 3. The molecule has 4 saturated carbocycles. The Hall–Kier alpha value is -1.50. The number of esters is 1. The summed E-state index contributed by atoms with van der Waals surface area (Å²) in [5, 5.41) is 5.88. The molecule has 2 N–H and O–H groups in total. The molecule has 6 nitrogen and oxygen atoms in total. The second-order valence-electron chi connectivity index (χ2n) is 9.33. The van der Waals surface area contributed by atoms with Crippen molar-refractivity contribution in [3.8, 4) is 0 Å². The van der Waals surface area contributed by atoms with Gasteiger partial charge in [-0.15, -0.1) is 0 Å². The van der Waals surface area contributed by atoms with Crippen molar-refractivity contribution in [1.29, 1.82) is 0 Å². The van der Waals surface area contributed by atoms with Crippen molar-refractivity contribution in [2.75, 3.05) is 18.5 Å². The molecule has 0 aromatic heterocycles. The Morgan fingerprint density at radius 3 is 2.10 bits per heavy atom. The zero-order valence-corrected chi connectivity index (χ0v) is 19.3. The number of rotatable bonds is 7. The number of benzene rings is 1. The highest BCUT2D eigenvalue weighted by molar-refractivity contribution is 6.44. The van der Waals surface area contributed by atoms with E-state index < -0.39 is 18.5 Å². The molecule has 1 aromatic carbocycles. The van der Waals surface area contributed by atoms with Gasteiger partial charge in [-0.05, 0) is 73.8 Å². The maximum atomic E-state index is 12.5. The summed E-state index contributed by atoms with van der Waals surface area (Å²) in [5.41, 5.74) is 0.378. The topological polar surface area (TPSA) is 84.5 Å². The minimum Gasteiger partial charge on any atom is -0.454 e. The molecule has 4 aliphatic carbocycles. The number of carbonyl (C=O) groups is 3. The number of amides is 2. The van der Waals surface area contributed by atoms with Crippen molar-refractivity contribution in [2.45, 2.75) is 44.9 Å². The van der Waals surface area contributed by atoms with E-state index in [4.69, 9.17) is 39.5 Å². The van der Waals surface area contributed by atoms with Crippen LogP contribution in [0.15, 0.2) is 12.1 Å². The summed E-state index contributed by atoms with van der Waals surface area (Å²) >= 11 is 17.8. The maximum Gasteiger partial charge on any atom is 0.325 e. The molecule has 168 valence electrons. The molecule has 0 unspecified atom stereocenters. The Bertz CT molecular complexity index is 870.